The van der Waals surface area contributed by atoms with Crippen molar-refractivity contribution in [3.05, 3.63) is 48.0 Å². The molecule has 1 aromatic heterocycles. The monoisotopic (exact) mass is 458 g/mol. The summed E-state index contributed by atoms with van der Waals surface area (Å²) in [7, 11) is -3.51. The third-order valence-electron chi connectivity index (χ3n) is 5.01. The van der Waals surface area contributed by atoms with E-state index < -0.39 is 10.0 Å². The van der Waals surface area contributed by atoms with Crippen molar-refractivity contribution in [1.82, 2.24) is 9.29 Å². The van der Waals surface area contributed by atoms with Crippen LogP contribution < -0.4 is 10.6 Å². The van der Waals surface area contributed by atoms with Gasteiger partial charge in [0.1, 0.15) is 0 Å². The SMILES string of the molecule is CCC(=O)Nc1cccc(C(=O)Nc2nc3ccc(S(=O)(=O)N4CCCC4)cc3s2)c1. The molecule has 1 aliphatic heterocycles. The maximum atomic E-state index is 12.8. The molecule has 0 aliphatic carbocycles. The Morgan fingerprint density at radius 2 is 1.87 bits per heavy atom. The quantitative estimate of drug-likeness (QED) is 0.586. The second-order valence-corrected chi connectivity index (χ2v) is 10.2. The molecule has 0 saturated carbocycles. The highest BCUT2D eigenvalue weighted by atomic mass is 32.2. The Balaban J connectivity index is 1.53. The molecule has 1 aliphatic rings. The number of nitrogens with zero attached hydrogens (tertiary/aromatic N) is 2. The van der Waals surface area contributed by atoms with Crippen molar-refractivity contribution in [3.8, 4) is 0 Å². The zero-order valence-corrected chi connectivity index (χ0v) is 18.6. The first-order valence-corrected chi connectivity index (χ1v) is 12.2. The molecule has 2 aromatic carbocycles. The zero-order chi connectivity index (χ0) is 22.0. The molecule has 4 rings (SSSR count). The number of hydrogen-bond acceptors (Lipinski definition) is 6. The summed E-state index contributed by atoms with van der Waals surface area (Å²) in [4.78, 5) is 28.8. The smallest absolute Gasteiger partial charge is 0.257 e. The van der Waals surface area contributed by atoms with Crippen LogP contribution in [0.15, 0.2) is 47.4 Å². The van der Waals surface area contributed by atoms with Gasteiger partial charge in [-0.05, 0) is 49.2 Å². The van der Waals surface area contributed by atoms with Crippen LogP contribution in [0.4, 0.5) is 10.8 Å². The number of rotatable bonds is 6. The molecule has 1 saturated heterocycles. The van der Waals surface area contributed by atoms with Crippen molar-refractivity contribution in [1.29, 1.82) is 0 Å². The van der Waals surface area contributed by atoms with E-state index in [0.717, 1.165) is 12.8 Å². The molecule has 2 heterocycles. The average molecular weight is 459 g/mol. The second kappa shape index (κ2) is 8.74. The molecule has 0 unspecified atom stereocenters. The number of thiazole rings is 1. The molecule has 10 heteroatoms. The van der Waals surface area contributed by atoms with Gasteiger partial charge in [-0.3, -0.25) is 14.9 Å². The Kier molecular flexibility index (Phi) is 6.03. The number of amides is 2. The molecule has 0 atom stereocenters. The van der Waals surface area contributed by atoms with Crippen molar-refractivity contribution in [2.75, 3.05) is 23.7 Å². The van der Waals surface area contributed by atoms with Gasteiger partial charge in [0.2, 0.25) is 15.9 Å². The van der Waals surface area contributed by atoms with E-state index in [1.165, 1.54) is 15.6 Å². The number of carbonyl (C=O) groups is 2. The highest BCUT2D eigenvalue weighted by Gasteiger charge is 2.27. The van der Waals surface area contributed by atoms with Crippen LogP contribution in [-0.2, 0) is 14.8 Å². The third kappa shape index (κ3) is 4.60. The van der Waals surface area contributed by atoms with Gasteiger partial charge >= 0.3 is 0 Å². The van der Waals surface area contributed by atoms with Crippen LogP contribution in [0.1, 0.15) is 36.5 Å². The summed E-state index contributed by atoms with van der Waals surface area (Å²) >= 11 is 1.22. The van der Waals surface area contributed by atoms with Crippen LogP contribution in [0.5, 0.6) is 0 Å². The molecule has 0 bridgehead atoms. The molecule has 2 N–H and O–H groups in total. The fourth-order valence-electron chi connectivity index (χ4n) is 3.35. The van der Waals surface area contributed by atoms with Gasteiger partial charge in [0, 0.05) is 30.8 Å². The standard InChI is InChI=1S/C21H22N4O4S2/c1-2-19(26)22-15-7-5-6-14(12-15)20(27)24-21-23-17-9-8-16(13-18(17)30-21)31(28,29)25-10-3-4-11-25/h5-9,12-13H,2-4,10-11H2,1H3,(H,22,26)(H,23,24,27). The minimum Gasteiger partial charge on any atom is -0.326 e. The normalized spacial score (nSPS) is 14.6. The number of benzene rings is 2. The van der Waals surface area contributed by atoms with Crippen molar-refractivity contribution in [2.24, 2.45) is 0 Å². The second-order valence-electron chi connectivity index (χ2n) is 7.20. The Hall–Kier alpha value is -2.82. The van der Waals surface area contributed by atoms with E-state index in [1.54, 1.807) is 49.4 Å². The first kappa shape index (κ1) is 21.4. The number of anilines is 2. The van der Waals surface area contributed by atoms with E-state index in [1.807, 2.05) is 0 Å². The minimum atomic E-state index is -3.51. The van der Waals surface area contributed by atoms with Crippen molar-refractivity contribution >= 4 is 54.2 Å². The number of fused-ring (bicyclic) bond motifs is 1. The van der Waals surface area contributed by atoms with Crippen LogP contribution in [0.2, 0.25) is 0 Å². The molecule has 1 fully saturated rings. The largest absolute Gasteiger partial charge is 0.326 e. The first-order chi connectivity index (χ1) is 14.9. The van der Waals surface area contributed by atoms with Gasteiger partial charge in [0.15, 0.2) is 5.13 Å². The summed E-state index contributed by atoms with van der Waals surface area (Å²) in [6.07, 6.45) is 2.10. The molecule has 31 heavy (non-hydrogen) atoms. The fraction of sp³-hybridized carbons (Fsp3) is 0.286. The maximum Gasteiger partial charge on any atom is 0.257 e. The predicted octanol–water partition coefficient (Wildman–Crippen LogP) is 3.68. The van der Waals surface area contributed by atoms with Gasteiger partial charge < -0.3 is 5.32 Å². The predicted molar refractivity (Wildman–Crippen MR) is 121 cm³/mol. The van der Waals surface area contributed by atoms with E-state index in [2.05, 4.69) is 15.6 Å². The fourth-order valence-corrected chi connectivity index (χ4v) is 5.87. The highest BCUT2D eigenvalue weighted by Crippen LogP contribution is 2.30. The number of aromatic nitrogens is 1. The number of hydrogen-bond donors (Lipinski definition) is 2. The molecule has 8 nitrogen and oxygen atoms in total. The molecule has 162 valence electrons. The third-order valence-corrected chi connectivity index (χ3v) is 7.84. The molecule has 0 radical (unpaired) electrons. The topological polar surface area (TPSA) is 108 Å². The summed E-state index contributed by atoms with van der Waals surface area (Å²) in [6.45, 7) is 2.84. The number of carbonyl (C=O) groups excluding carboxylic acids is 2. The van der Waals surface area contributed by atoms with Crippen molar-refractivity contribution in [3.63, 3.8) is 0 Å². The van der Waals surface area contributed by atoms with Crippen LogP contribution in [-0.4, -0.2) is 42.6 Å². The van der Waals surface area contributed by atoms with Crippen LogP contribution >= 0.6 is 11.3 Å². The molecular weight excluding hydrogens is 436 g/mol. The average Bonchev–Trinajstić information content (AvgIpc) is 3.43. The van der Waals surface area contributed by atoms with Gasteiger partial charge in [-0.25, -0.2) is 13.4 Å². The van der Waals surface area contributed by atoms with Gasteiger partial charge in [-0.1, -0.05) is 24.3 Å². The molecular formula is C21H22N4O4S2. The Labute approximate surface area is 184 Å². The molecule has 2 amide bonds. The summed E-state index contributed by atoms with van der Waals surface area (Å²) in [5, 5.41) is 5.85. The summed E-state index contributed by atoms with van der Waals surface area (Å²) < 4.78 is 27.8. The van der Waals surface area contributed by atoms with Gasteiger partial charge in [0.25, 0.3) is 5.91 Å². The van der Waals surface area contributed by atoms with Gasteiger partial charge in [-0.2, -0.15) is 4.31 Å². The summed E-state index contributed by atoms with van der Waals surface area (Å²) in [5.74, 6) is -0.500. The lowest BCUT2D eigenvalue weighted by molar-refractivity contribution is -0.115. The summed E-state index contributed by atoms with van der Waals surface area (Å²) in [6, 6.07) is 11.5. The van der Waals surface area contributed by atoms with E-state index >= 15 is 0 Å². The first-order valence-electron chi connectivity index (χ1n) is 9.99. The Morgan fingerprint density at radius 3 is 2.61 bits per heavy atom. The van der Waals surface area contributed by atoms with Gasteiger partial charge in [0.05, 0.1) is 15.1 Å². The number of sulfonamides is 1. The van der Waals surface area contributed by atoms with Crippen LogP contribution in [0.25, 0.3) is 10.2 Å². The van der Waals surface area contributed by atoms with E-state index in [0.29, 0.717) is 46.1 Å². The van der Waals surface area contributed by atoms with E-state index in [-0.39, 0.29) is 16.7 Å². The Morgan fingerprint density at radius 1 is 1.10 bits per heavy atom. The highest BCUT2D eigenvalue weighted by molar-refractivity contribution is 7.89. The lowest BCUT2D eigenvalue weighted by atomic mass is 10.2. The summed E-state index contributed by atoms with van der Waals surface area (Å²) in [5.41, 5.74) is 1.54. The van der Waals surface area contributed by atoms with Crippen molar-refractivity contribution in [2.45, 2.75) is 31.1 Å². The van der Waals surface area contributed by atoms with E-state index in [9.17, 15) is 18.0 Å². The van der Waals surface area contributed by atoms with Crippen molar-refractivity contribution < 1.29 is 18.0 Å². The Bertz CT molecular complexity index is 1250. The van der Waals surface area contributed by atoms with E-state index in [4.69, 9.17) is 0 Å². The lowest BCUT2D eigenvalue weighted by Gasteiger charge is -2.15. The van der Waals surface area contributed by atoms with Crippen LogP contribution in [0, 0.1) is 0 Å². The van der Waals surface area contributed by atoms with Gasteiger partial charge in [-0.15, -0.1) is 0 Å². The maximum absolute atomic E-state index is 12.8. The minimum absolute atomic E-state index is 0.136. The zero-order valence-electron chi connectivity index (χ0n) is 16.9. The molecule has 3 aromatic rings. The molecule has 0 spiro atoms. The lowest BCUT2D eigenvalue weighted by Crippen LogP contribution is -2.27. The number of nitrogens with one attached hydrogen (secondary N) is 2. The van der Waals surface area contributed by atoms with Crippen LogP contribution in [0.3, 0.4) is 0 Å².